The Labute approximate surface area is 172 Å². The van der Waals surface area contributed by atoms with Gasteiger partial charge in [0.25, 0.3) is 0 Å². The van der Waals surface area contributed by atoms with E-state index >= 15 is 0 Å². The molecular formula is C25H44O3. The normalized spacial score (nSPS) is 51.3. The largest absolute Gasteiger partial charge is 0.390 e. The molecule has 0 saturated heterocycles. The second-order valence-electron chi connectivity index (χ2n) is 12.5. The Hall–Kier alpha value is -0.120. The predicted octanol–water partition coefficient (Wildman–Crippen LogP) is 5.18. The smallest absolute Gasteiger partial charge is 0.0824 e. The molecule has 0 aromatic heterocycles. The van der Waals surface area contributed by atoms with E-state index in [0.717, 1.165) is 37.2 Å². The van der Waals surface area contributed by atoms with Crippen LogP contribution in [-0.4, -0.2) is 34.6 Å². The zero-order chi connectivity index (χ0) is 20.4. The lowest BCUT2D eigenvalue weighted by Crippen LogP contribution is -2.55. The molecule has 4 fully saturated rings. The summed E-state index contributed by atoms with van der Waals surface area (Å²) in [6.45, 7) is 12.1. The summed E-state index contributed by atoms with van der Waals surface area (Å²) in [5, 5.41) is 20.6. The molecule has 0 heterocycles. The standard InChI is InChI=1S/C25H44O3/c1-22(2,26)16-28-15-18-7-9-20-19-8-6-17-14-23(3,27)12-13-25(17,5)21(19)10-11-24(18,20)4/h17-21,26-27H,6-16H2,1-5H3/t17?,18?,19?,20?,21?,23-,24?,25?/m0/s1. The van der Waals surface area contributed by atoms with Crippen molar-refractivity contribution >= 4 is 0 Å². The first kappa shape index (κ1) is 21.1. The lowest BCUT2D eigenvalue weighted by Gasteiger charge is -2.62. The van der Waals surface area contributed by atoms with Crippen LogP contribution in [0.2, 0.25) is 0 Å². The van der Waals surface area contributed by atoms with E-state index < -0.39 is 11.2 Å². The van der Waals surface area contributed by atoms with Crippen molar-refractivity contribution in [2.24, 2.45) is 40.4 Å². The zero-order valence-electron chi connectivity index (χ0n) is 19.0. The number of ether oxygens (including phenoxy) is 1. The average Bonchev–Trinajstić information content (AvgIpc) is 2.91. The molecule has 0 radical (unpaired) electrons. The second-order valence-corrected chi connectivity index (χ2v) is 12.5. The lowest BCUT2D eigenvalue weighted by molar-refractivity contribution is -0.149. The Balaban J connectivity index is 1.46. The molecule has 4 saturated carbocycles. The number of hydrogen-bond acceptors (Lipinski definition) is 3. The van der Waals surface area contributed by atoms with Crippen molar-refractivity contribution in [2.45, 2.75) is 104 Å². The number of hydrogen-bond donors (Lipinski definition) is 2. The third-order valence-corrected chi connectivity index (χ3v) is 9.92. The van der Waals surface area contributed by atoms with Crippen LogP contribution in [0.1, 0.15) is 92.4 Å². The maximum Gasteiger partial charge on any atom is 0.0824 e. The van der Waals surface area contributed by atoms with Gasteiger partial charge in [-0.05, 0) is 119 Å². The summed E-state index contributed by atoms with van der Waals surface area (Å²) in [6, 6.07) is 0. The first-order valence-electron chi connectivity index (χ1n) is 12.0. The van der Waals surface area contributed by atoms with E-state index in [1.807, 2.05) is 13.8 Å². The van der Waals surface area contributed by atoms with Crippen LogP contribution in [0.4, 0.5) is 0 Å². The first-order chi connectivity index (χ1) is 12.9. The van der Waals surface area contributed by atoms with Gasteiger partial charge in [0, 0.05) is 0 Å². The highest BCUT2D eigenvalue weighted by atomic mass is 16.5. The summed E-state index contributed by atoms with van der Waals surface area (Å²) in [4.78, 5) is 0. The van der Waals surface area contributed by atoms with Crippen molar-refractivity contribution in [3.05, 3.63) is 0 Å². The summed E-state index contributed by atoms with van der Waals surface area (Å²) in [7, 11) is 0. The molecule has 0 aliphatic heterocycles. The third kappa shape index (κ3) is 3.58. The van der Waals surface area contributed by atoms with E-state index in [1.165, 1.54) is 44.9 Å². The summed E-state index contributed by atoms with van der Waals surface area (Å²) < 4.78 is 5.98. The Morgan fingerprint density at radius 1 is 0.893 bits per heavy atom. The Morgan fingerprint density at radius 3 is 2.32 bits per heavy atom. The fourth-order valence-corrected chi connectivity index (χ4v) is 8.26. The van der Waals surface area contributed by atoms with Crippen LogP contribution in [0.5, 0.6) is 0 Å². The van der Waals surface area contributed by atoms with Crippen LogP contribution in [0, 0.1) is 40.4 Å². The van der Waals surface area contributed by atoms with Gasteiger partial charge >= 0.3 is 0 Å². The number of rotatable bonds is 4. The molecule has 7 unspecified atom stereocenters. The molecule has 4 rings (SSSR count). The molecule has 0 spiro atoms. The van der Waals surface area contributed by atoms with Gasteiger partial charge in [-0.2, -0.15) is 0 Å². The molecule has 0 aromatic carbocycles. The molecule has 0 aromatic rings. The monoisotopic (exact) mass is 392 g/mol. The van der Waals surface area contributed by atoms with Gasteiger partial charge in [0.1, 0.15) is 0 Å². The highest BCUT2D eigenvalue weighted by Gasteiger charge is 2.60. The second kappa shape index (κ2) is 6.95. The molecular weight excluding hydrogens is 348 g/mol. The maximum atomic E-state index is 10.7. The summed E-state index contributed by atoms with van der Waals surface area (Å²) in [6.07, 6.45) is 11.3. The van der Waals surface area contributed by atoms with Crippen LogP contribution >= 0.6 is 0 Å². The van der Waals surface area contributed by atoms with E-state index in [2.05, 4.69) is 20.8 Å². The zero-order valence-corrected chi connectivity index (χ0v) is 19.0. The average molecular weight is 393 g/mol. The Bertz CT molecular complexity index is 579. The van der Waals surface area contributed by atoms with E-state index in [-0.39, 0.29) is 0 Å². The van der Waals surface area contributed by atoms with Gasteiger partial charge in [-0.25, -0.2) is 0 Å². The van der Waals surface area contributed by atoms with E-state index in [1.54, 1.807) is 0 Å². The Kier molecular flexibility index (Phi) is 5.25. The minimum atomic E-state index is -0.730. The van der Waals surface area contributed by atoms with Crippen molar-refractivity contribution in [2.75, 3.05) is 13.2 Å². The topological polar surface area (TPSA) is 49.7 Å². The first-order valence-corrected chi connectivity index (χ1v) is 12.0. The van der Waals surface area contributed by atoms with Crippen molar-refractivity contribution in [1.82, 2.24) is 0 Å². The number of aliphatic hydroxyl groups is 2. The van der Waals surface area contributed by atoms with Crippen LogP contribution < -0.4 is 0 Å². The fourth-order valence-electron chi connectivity index (χ4n) is 8.26. The van der Waals surface area contributed by atoms with Gasteiger partial charge in [0.15, 0.2) is 0 Å². The molecule has 2 N–H and O–H groups in total. The van der Waals surface area contributed by atoms with Crippen LogP contribution in [0.25, 0.3) is 0 Å². The molecule has 162 valence electrons. The molecule has 0 bridgehead atoms. The Morgan fingerprint density at radius 2 is 1.61 bits per heavy atom. The van der Waals surface area contributed by atoms with E-state index in [9.17, 15) is 10.2 Å². The number of fused-ring (bicyclic) bond motifs is 5. The van der Waals surface area contributed by atoms with Gasteiger partial charge in [0.05, 0.1) is 24.4 Å². The van der Waals surface area contributed by atoms with Gasteiger partial charge in [-0.1, -0.05) is 13.8 Å². The minimum absolute atomic E-state index is 0.421. The van der Waals surface area contributed by atoms with E-state index in [4.69, 9.17) is 4.74 Å². The highest BCUT2D eigenvalue weighted by molar-refractivity contribution is 5.10. The predicted molar refractivity (Wildman–Crippen MR) is 113 cm³/mol. The van der Waals surface area contributed by atoms with Gasteiger partial charge in [0.2, 0.25) is 0 Å². The minimum Gasteiger partial charge on any atom is -0.390 e. The van der Waals surface area contributed by atoms with Gasteiger partial charge in [-0.3, -0.25) is 0 Å². The highest BCUT2D eigenvalue weighted by Crippen LogP contribution is 2.67. The van der Waals surface area contributed by atoms with Gasteiger partial charge in [-0.15, -0.1) is 0 Å². The van der Waals surface area contributed by atoms with Crippen LogP contribution in [-0.2, 0) is 4.74 Å². The summed E-state index contributed by atoms with van der Waals surface area (Å²) in [5.74, 6) is 3.95. The lowest BCUT2D eigenvalue weighted by atomic mass is 9.44. The van der Waals surface area contributed by atoms with Crippen LogP contribution in [0.3, 0.4) is 0 Å². The third-order valence-electron chi connectivity index (χ3n) is 9.92. The molecule has 28 heavy (non-hydrogen) atoms. The summed E-state index contributed by atoms with van der Waals surface area (Å²) >= 11 is 0. The van der Waals surface area contributed by atoms with Crippen molar-refractivity contribution < 1.29 is 14.9 Å². The SMILES string of the molecule is CC(C)(O)COCC1CCC2C3CCC4C[C@@](C)(O)CCC4(C)C3CCC12C. The summed E-state index contributed by atoms with van der Waals surface area (Å²) in [5.41, 5.74) is -0.297. The fraction of sp³-hybridized carbons (Fsp3) is 1.00. The van der Waals surface area contributed by atoms with Crippen molar-refractivity contribution in [3.63, 3.8) is 0 Å². The molecule has 4 aliphatic rings. The molecule has 3 heteroatoms. The molecule has 8 atom stereocenters. The molecule has 3 nitrogen and oxygen atoms in total. The van der Waals surface area contributed by atoms with E-state index in [0.29, 0.717) is 29.3 Å². The van der Waals surface area contributed by atoms with Crippen molar-refractivity contribution in [1.29, 1.82) is 0 Å². The maximum absolute atomic E-state index is 10.7. The molecule has 0 amide bonds. The van der Waals surface area contributed by atoms with Crippen molar-refractivity contribution in [3.8, 4) is 0 Å². The van der Waals surface area contributed by atoms with Crippen LogP contribution in [0.15, 0.2) is 0 Å². The molecule has 4 aliphatic carbocycles. The van der Waals surface area contributed by atoms with Gasteiger partial charge < -0.3 is 14.9 Å². The quantitative estimate of drug-likeness (QED) is 0.693.